The van der Waals surface area contributed by atoms with Gasteiger partial charge in [0, 0.05) is 29.4 Å². The number of hydrogen-bond acceptors (Lipinski definition) is 3. The maximum atomic E-state index is 15.4. The number of aryl methyl sites for hydroxylation is 1. The van der Waals surface area contributed by atoms with Crippen molar-refractivity contribution in [2.75, 3.05) is 5.32 Å². The van der Waals surface area contributed by atoms with E-state index in [-0.39, 0.29) is 28.9 Å². The van der Waals surface area contributed by atoms with Gasteiger partial charge < -0.3 is 15.3 Å². The first-order valence-electron chi connectivity index (χ1n) is 10.6. The maximum Gasteiger partial charge on any atom is 0.314 e. The van der Waals surface area contributed by atoms with Crippen LogP contribution in [0.4, 0.5) is 27.6 Å². The number of carbonyl (C=O) groups is 1. The molecule has 1 amide bonds. The molecule has 2 aliphatic rings. The molecular formula is C24H23F5N2O2. The van der Waals surface area contributed by atoms with Crippen LogP contribution in [0, 0.1) is 24.4 Å². The molecule has 2 N–H and O–H groups in total. The molecule has 0 aromatic heterocycles. The van der Waals surface area contributed by atoms with Crippen LogP contribution in [-0.4, -0.2) is 34.1 Å². The van der Waals surface area contributed by atoms with Crippen molar-refractivity contribution in [3.8, 4) is 0 Å². The number of rotatable bonds is 5. The van der Waals surface area contributed by atoms with Crippen LogP contribution in [0.2, 0.25) is 0 Å². The molecule has 2 bridgehead atoms. The molecule has 9 heteroatoms. The number of allylic oxidation sites excluding steroid dienone is 1. The number of anilines is 1. The number of carbonyl (C=O) groups excluding carboxylic acids is 1. The molecule has 0 radical (unpaired) electrons. The fraction of sp³-hybridized carbons (Fsp3) is 0.375. The lowest BCUT2D eigenvalue weighted by Gasteiger charge is -2.42. The molecule has 2 aromatic rings. The average molecular weight is 466 g/mol. The number of aliphatic hydroxyl groups is 1. The standard InChI is InChI=1S/C24H23F5N2O2/c1-12-7-15(9-21(26)22(12)27)30-23(33)14-3-6-20(25)19(8-14)24(28,29)13(2)31-16-4-5-17(31)11-18(32)10-16/h3,6-9,16-18,32H,2,4-5,10-11H2,1H3,(H,30,33)/t16-,17+,18?. The molecule has 2 fully saturated rings. The second-order valence-electron chi connectivity index (χ2n) is 8.68. The fourth-order valence-corrected chi connectivity index (χ4v) is 4.82. The third-order valence-corrected chi connectivity index (χ3v) is 6.42. The Balaban J connectivity index is 1.60. The molecule has 0 saturated carbocycles. The quantitative estimate of drug-likeness (QED) is 0.592. The molecule has 33 heavy (non-hydrogen) atoms. The summed E-state index contributed by atoms with van der Waals surface area (Å²) in [5.41, 5.74) is -1.98. The second-order valence-corrected chi connectivity index (χ2v) is 8.68. The maximum absolute atomic E-state index is 15.4. The van der Waals surface area contributed by atoms with Crippen molar-refractivity contribution < 1.29 is 31.9 Å². The summed E-state index contributed by atoms with van der Waals surface area (Å²) in [5, 5.41) is 12.2. The van der Waals surface area contributed by atoms with Crippen LogP contribution in [0.3, 0.4) is 0 Å². The van der Waals surface area contributed by atoms with Crippen molar-refractivity contribution in [2.24, 2.45) is 0 Å². The van der Waals surface area contributed by atoms with E-state index in [1.807, 2.05) is 0 Å². The molecule has 4 nitrogen and oxygen atoms in total. The minimum Gasteiger partial charge on any atom is -0.393 e. The summed E-state index contributed by atoms with van der Waals surface area (Å²) in [6.07, 6.45) is 1.38. The Kier molecular flexibility index (Phi) is 5.94. The Hall–Kier alpha value is -2.94. The van der Waals surface area contributed by atoms with E-state index in [9.17, 15) is 23.1 Å². The van der Waals surface area contributed by atoms with E-state index in [2.05, 4.69) is 11.9 Å². The van der Waals surface area contributed by atoms with E-state index >= 15 is 8.78 Å². The highest BCUT2D eigenvalue weighted by Crippen LogP contribution is 2.46. The molecule has 4 rings (SSSR count). The Morgan fingerprint density at radius 3 is 2.33 bits per heavy atom. The van der Waals surface area contributed by atoms with E-state index in [0.717, 1.165) is 24.3 Å². The molecule has 2 heterocycles. The minimum absolute atomic E-state index is 0.0470. The Morgan fingerprint density at radius 1 is 1.09 bits per heavy atom. The number of aliphatic hydroxyl groups excluding tert-OH is 1. The predicted molar refractivity (Wildman–Crippen MR) is 112 cm³/mol. The Bertz CT molecular complexity index is 1080. The van der Waals surface area contributed by atoms with Crippen molar-refractivity contribution in [1.82, 2.24) is 4.90 Å². The zero-order valence-corrected chi connectivity index (χ0v) is 17.8. The van der Waals surface area contributed by atoms with Crippen LogP contribution >= 0.6 is 0 Å². The van der Waals surface area contributed by atoms with Gasteiger partial charge >= 0.3 is 5.92 Å². The lowest BCUT2D eigenvalue weighted by Crippen LogP contribution is -2.47. The summed E-state index contributed by atoms with van der Waals surface area (Å²) in [7, 11) is 0. The van der Waals surface area contributed by atoms with Crippen molar-refractivity contribution in [2.45, 2.75) is 56.7 Å². The summed E-state index contributed by atoms with van der Waals surface area (Å²) in [5.74, 6) is -8.12. The summed E-state index contributed by atoms with van der Waals surface area (Å²) < 4.78 is 72.4. The number of piperidine rings is 1. The van der Waals surface area contributed by atoms with Crippen LogP contribution in [0.1, 0.15) is 47.2 Å². The van der Waals surface area contributed by atoms with Crippen molar-refractivity contribution in [3.05, 3.63) is 76.7 Å². The van der Waals surface area contributed by atoms with Gasteiger partial charge in [0.05, 0.1) is 17.4 Å². The van der Waals surface area contributed by atoms with E-state index in [0.29, 0.717) is 25.7 Å². The van der Waals surface area contributed by atoms with Gasteiger partial charge in [-0.05, 0) is 62.4 Å². The zero-order valence-electron chi connectivity index (χ0n) is 17.8. The van der Waals surface area contributed by atoms with Crippen LogP contribution in [0.25, 0.3) is 0 Å². The first-order chi connectivity index (χ1) is 15.5. The minimum atomic E-state index is -3.80. The summed E-state index contributed by atoms with van der Waals surface area (Å²) in [6.45, 7) is 4.86. The van der Waals surface area contributed by atoms with E-state index in [4.69, 9.17) is 0 Å². The summed E-state index contributed by atoms with van der Waals surface area (Å²) >= 11 is 0. The van der Waals surface area contributed by atoms with Crippen LogP contribution < -0.4 is 5.32 Å². The predicted octanol–water partition coefficient (Wildman–Crippen LogP) is 5.26. The largest absolute Gasteiger partial charge is 0.393 e. The molecule has 1 unspecified atom stereocenters. The third kappa shape index (κ3) is 4.21. The molecule has 176 valence electrons. The van der Waals surface area contributed by atoms with Crippen molar-refractivity contribution >= 4 is 11.6 Å². The molecule has 2 saturated heterocycles. The molecule has 2 aromatic carbocycles. The van der Waals surface area contributed by atoms with Gasteiger partial charge in [-0.1, -0.05) is 6.58 Å². The topological polar surface area (TPSA) is 52.6 Å². The second kappa shape index (κ2) is 8.44. The van der Waals surface area contributed by atoms with Gasteiger partial charge in [0.15, 0.2) is 11.6 Å². The number of fused-ring (bicyclic) bond motifs is 2. The van der Waals surface area contributed by atoms with Crippen LogP contribution in [0.5, 0.6) is 0 Å². The van der Waals surface area contributed by atoms with Gasteiger partial charge in [-0.2, -0.15) is 8.78 Å². The van der Waals surface area contributed by atoms with E-state index in [1.165, 1.54) is 17.9 Å². The van der Waals surface area contributed by atoms with Gasteiger partial charge in [0.2, 0.25) is 0 Å². The Labute approximate surface area is 187 Å². The monoisotopic (exact) mass is 466 g/mol. The number of benzene rings is 2. The first-order valence-corrected chi connectivity index (χ1v) is 10.6. The van der Waals surface area contributed by atoms with Gasteiger partial charge in [-0.3, -0.25) is 4.79 Å². The summed E-state index contributed by atoms with van der Waals surface area (Å²) in [6, 6.07) is 3.88. The number of nitrogens with one attached hydrogen (secondary N) is 1. The highest BCUT2D eigenvalue weighted by molar-refractivity contribution is 6.04. The molecular weight excluding hydrogens is 443 g/mol. The van der Waals surface area contributed by atoms with Crippen LogP contribution in [0.15, 0.2) is 42.6 Å². The van der Waals surface area contributed by atoms with Gasteiger partial charge in [0.25, 0.3) is 5.91 Å². The number of alkyl halides is 2. The highest BCUT2D eigenvalue weighted by Gasteiger charge is 2.49. The number of halogens is 5. The van der Waals surface area contributed by atoms with Gasteiger partial charge in [0.1, 0.15) is 5.82 Å². The van der Waals surface area contributed by atoms with Crippen LogP contribution in [-0.2, 0) is 5.92 Å². The molecule has 0 aliphatic carbocycles. The molecule has 3 atom stereocenters. The van der Waals surface area contributed by atoms with Crippen molar-refractivity contribution in [3.63, 3.8) is 0 Å². The van der Waals surface area contributed by atoms with Crippen molar-refractivity contribution in [1.29, 1.82) is 0 Å². The van der Waals surface area contributed by atoms with E-state index < -0.39 is 46.6 Å². The lowest BCUT2D eigenvalue weighted by atomic mass is 9.95. The normalized spacial score (nSPS) is 22.4. The van der Waals surface area contributed by atoms with Gasteiger partial charge in [-0.25, -0.2) is 13.2 Å². The highest BCUT2D eigenvalue weighted by atomic mass is 19.3. The lowest BCUT2D eigenvalue weighted by molar-refractivity contribution is -0.0280. The smallest absolute Gasteiger partial charge is 0.314 e. The zero-order chi connectivity index (χ0) is 24.1. The fourth-order valence-electron chi connectivity index (χ4n) is 4.82. The number of nitrogens with zero attached hydrogens (tertiary/aromatic N) is 1. The van der Waals surface area contributed by atoms with E-state index in [1.54, 1.807) is 0 Å². The SMILES string of the molecule is C=C(N1[C@@H]2CC[C@H]1CC(O)C2)C(F)(F)c1cc(C(=O)Nc2cc(C)c(F)c(F)c2)ccc1F. The molecule has 0 spiro atoms. The third-order valence-electron chi connectivity index (χ3n) is 6.42. The van der Waals surface area contributed by atoms with Gasteiger partial charge in [-0.15, -0.1) is 0 Å². The first kappa shape index (κ1) is 23.2. The molecule has 2 aliphatic heterocycles. The Morgan fingerprint density at radius 2 is 1.73 bits per heavy atom. The number of hydrogen-bond donors (Lipinski definition) is 2. The number of amides is 1. The summed E-state index contributed by atoms with van der Waals surface area (Å²) in [4.78, 5) is 14.1. The average Bonchev–Trinajstić information content (AvgIpc) is 3.02.